The highest BCUT2D eigenvalue weighted by molar-refractivity contribution is 6.30. The number of halogens is 1. The molecular formula is C19H22ClNO. The van der Waals surface area contributed by atoms with E-state index >= 15 is 0 Å². The number of nitrogens with zero attached hydrogens (tertiary/aromatic N) is 1. The zero-order valence-corrected chi connectivity index (χ0v) is 13.6. The molecule has 1 aliphatic rings. The van der Waals surface area contributed by atoms with E-state index in [0.29, 0.717) is 5.92 Å². The van der Waals surface area contributed by atoms with Crippen molar-refractivity contribution < 1.29 is 5.11 Å². The summed E-state index contributed by atoms with van der Waals surface area (Å²) >= 11 is 5.99. The summed E-state index contributed by atoms with van der Waals surface area (Å²) < 4.78 is 0. The predicted molar refractivity (Wildman–Crippen MR) is 91.1 cm³/mol. The van der Waals surface area contributed by atoms with E-state index in [1.165, 1.54) is 11.1 Å². The van der Waals surface area contributed by atoms with E-state index in [4.69, 9.17) is 11.6 Å². The Morgan fingerprint density at radius 3 is 2.41 bits per heavy atom. The Labute approximate surface area is 137 Å². The minimum atomic E-state index is -0.304. The summed E-state index contributed by atoms with van der Waals surface area (Å²) in [4.78, 5) is 2.44. The summed E-state index contributed by atoms with van der Waals surface area (Å²) in [6, 6.07) is 18.6. The van der Waals surface area contributed by atoms with Crippen LogP contribution in [0.15, 0.2) is 54.6 Å². The van der Waals surface area contributed by atoms with Gasteiger partial charge >= 0.3 is 0 Å². The van der Waals surface area contributed by atoms with E-state index in [2.05, 4.69) is 41.3 Å². The molecule has 0 spiro atoms. The zero-order chi connectivity index (χ0) is 15.5. The van der Waals surface area contributed by atoms with Crippen molar-refractivity contribution in [3.8, 4) is 0 Å². The molecule has 0 bridgehead atoms. The molecule has 0 saturated carbocycles. The van der Waals surface area contributed by atoms with Crippen molar-refractivity contribution in [3.05, 3.63) is 70.7 Å². The van der Waals surface area contributed by atoms with Crippen molar-refractivity contribution in [2.45, 2.75) is 25.5 Å². The SMILES string of the molecule is C[C@H](O)C1CN(Cc2ccccc2)CC1c1ccc(Cl)cc1. The third-order valence-corrected chi connectivity index (χ3v) is 4.86. The first kappa shape index (κ1) is 15.5. The van der Waals surface area contributed by atoms with Gasteiger partial charge in [-0.05, 0) is 30.2 Å². The van der Waals surface area contributed by atoms with Crippen molar-refractivity contribution in [3.63, 3.8) is 0 Å². The van der Waals surface area contributed by atoms with E-state index in [-0.39, 0.29) is 12.0 Å². The average Bonchev–Trinajstić information content (AvgIpc) is 2.93. The van der Waals surface area contributed by atoms with Gasteiger partial charge < -0.3 is 5.11 Å². The fraction of sp³-hybridized carbons (Fsp3) is 0.368. The molecule has 0 amide bonds. The first-order valence-corrected chi connectivity index (χ1v) is 8.21. The number of hydrogen-bond acceptors (Lipinski definition) is 2. The second kappa shape index (κ2) is 6.82. The molecule has 1 fully saturated rings. The average molecular weight is 316 g/mol. The molecule has 2 unspecified atom stereocenters. The lowest BCUT2D eigenvalue weighted by atomic mass is 9.86. The maximum atomic E-state index is 10.2. The Bertz CT molecular complexity index is 597. The molecule has 3 atom stereocenters. The normalized spacial score (nSPS) is 23.6. The number of hydrogen-bond donors (Lipinski definition) is 1. The molecular weight excluding hydrogens is 294 g/mol. The predicted octanol–water partition coefficient (Wildman–Crippen LogP) is 3.94. The highest BCUT2D eigenvalue weighted by Crippen LogP contribution is 2.35. The van der Waals surface area contributed by atoms with Crippen molar-refractivity contribution in [1.82, 2.24) is 4.90 Å². The Balaban J connectivity index is 1.76. The number of rotatable bonds is 4. The highest BCUT2D eigenvalue weighted by Gasteiger charge is 2.36. The van der Waals surface area contributed by atoms with E-state index in [1.54, 1.807) is 0 Å². The van der Waals surface area contributed by atoms with Crippen LogP contribution in [0.5, 0.6) is 0 Å². The topological polar surface area (TPSA) is 23.5 Å². The van der Waals surface area contributed by atoms with Gasteiger partial charge in [0.05, 0.1) is 6.10 Å². The zero-order valence-electron chi connectivity index (χ0n) is 12.8. The molecule has 22 heavy (non-hydrogen) atoms. The van der Waals surface area contributed by atoms with Crippen molar-refractivity contribution >= 4 is 11.6 Å². The standard InChI is InChI=1S/C19H22ClNO/c1-14(22)18-12-21(11-15-5-3-2-4-6-15)13-19(18)16-7-9-17(20)10-8-16/h2-10,14,18-19,22H,11-13H2,1H3/t14-,18?,19?/m0/s1. The molecule has 116 valence electrons. The van der Waals surface area contributed by atoms with Crippen LogP contribution < -0.4 is 0 Å². The van der Waals surface area contributed by atoms with Crippen LogP contribution in [-0.2, 0) is 6.54 Å². The summed E-state index contributed by atoms with van der Waals surface area (Å²) in [5.41, 5.74) is 2.59. The quantitative estimate of drug-likeness (QED) is 0.924. The maximum Gasteiger partial charge on any atom is 0.0558 e. The maximum absolute atomic E-state index is 10.2. The first-order chi connectivity index (χ1) is 10.6. The van der Waals surface area contributed by atoms with Crippen LogP contribution in [0.4, 0.5) is 0 Å². The van der Waals surface area contributed by atoms with Gasteiger partial charge in [-0.25, -0.2) is 0 Å². The molecule has 1 N–H and O–H groups in total. The van der Waals surface area contributed by atoms with Gasteiger partial charge in [-0.3, -0.25) is 4.90 Å². The lowest BCUT2D eigenvalue weighted by Crippen LogP contribution is -2.25. The van der Waals surface area contributed by atoms with Gasteiger partial charge in [0.2, 0.25) is 0 Å². The third kappa shape index (κ3) is 3.52. The largest absolute Gasteiger partial charge is 0.393 e. The van der Waals surface area contributed by atoms with Crippen LogP contribution in [0.25, 0.3) is 0 Å². The van der Waals surface area contributed by atoms with E-state index < -0.39 is 0 Å². The summed E-state index contributed by atoms with van der Waals surface area (Å²) in [5, 5.41) is 10.9. The number of benzene rings is 2. The summed E-state index contributed by atoms with van der Waals surface area (Å²) in [6.45, 7) is 4.75. The number of aliphatic hydroxyl groups excluding tert-OH is 1. The van der Waals surface area contributed by atoms with Gasteiger partial charge in [0.25, 0.3) is 0 Å². The molecule has 3 heteroatoms. The van der Waals surface area contributed by atoms with Crippen LogP contribution in [0.3, 0.4) is 0 Å². The van der Waals surface area contributed by atoms with Crippen LogP contribution >= 0.6 is 11.6 Å². The van der Waals surface area contributed by atoms with Gasteiger partial charge in [-0.15, -0.1) is 0 Å². The fourth-order valence-corrected chi connectivity index (χ4v) is 3.56. The lowest BCUT2D eigenvalue weighted by Gasteiger charge is -2.21. The second-order valence-corrected chi connectivity index (χ2v) is 6.68. The van der Waals surface area contributed by atoms with Gasteiger partial charge in [-0.2, -0.15) is 0 Å². The Morgan fingerprint density at radius 1 is 1.09 bits per heavy atom. The molecule has 2 aromatic rings. The molecule has 0 radical (unpaired) electrons. The minimum absolute atomic E-state index is 0.268. The summed E-state index contributed by atoms with van der Waals surface area (Å²) in [5.74, 6) is 0.630. The third-order valence-electron chi connectivity index (χ3n) is 4.61. The fourth-order valence-electron chi connectivity index (χ4n) is 3.44. The molecule has 1 heterocycles. The number of likely N-dealkylation sites (tertiary alicyclic amines) is 1. The van der Waals surface area contributed by atoms with Crippen molar-refractivity contribution in [2.75, 3.05) is 13.1 Å². The highest BCUT2D eigenvalue weighted by atomic mass is 35.5. The van der Waals surface area contributed by atoms with Crippen molar-refractivity contribution in [1.29, 1.82) is 0 Å². The van der Waals surface area contributed by atoms with Gasteiger partial charge in [-0.1, -0.05) is 54.1 Å². The molecule has 2 nitrogen and oxygen atoms in total. The molecule has 1 saturated heterocycles. The van der Waals surface area contributed by atoms with E-state index in [0.717, 1.165) is 24.7 Å². The van der Waals surface area contributed by atoms with Crippen molar-refractivity contribution in [2.24, 2.45) is 5.92 Å². The van der Waals surface area contributed by atoms with E-state index in [9.17, 15) is 5.11 Å². The van der Waals surface area contributed by atoms with Gasteiger partial charge in [0.1, 0.15) is 0 Å². The molecule has 0 aliphatic carbocycles. The molecule has 3 rings (SSSR count). The lowest BCUT2D eigenvalue weighted by molar-refractivity contribution is 0.120. The number of aliphatic hydroxyl groups is 1. The molecule has 2 aromatic carbocycles. The van der Waals surface area contributed by atoms with Crippen LogP contribution in [0.1, 0.15) is 24.0 Å². The monoisotopic (exact) mass is 315 g/mol. The molecule has 1 aliphatic heterocycles. The van der Waals surface area contributed by atoms with Crippen LogP contribution in [0.2, 0.25) is 5.02 Å². The van der Waals surface area contributed by atoms with Gasteiger partial charge in [0.15, 0.2) is 0 Å². The summed E-state index contributed by atoms with van der Waals surface area (Å²) in [7, 11) is 0. The Morgan fingerprint density at radius 2 is 1.77 bits per heavy atom. The smallest absolute Gasteiger partial charge is 0.0558 e. The van der Waals surface area contributed by atoms with E-state index in [1.807, 2.05) is 25.1 Å². The second-order valence-electron chi connectivity index (χ2n) is 6.24. The van der Waals surface area contributed by atoms with Crippen LogP contribution in [0, 0.1) is 5.92 Å². The molecule has 0 aromatic heterocycles. The Hall–Kier alpha value is -1.35. The van der Waals surface area contributed by atoms with Crippen LogP contribution in [-0.4, -0.2) is 29.2 Å². The first-order valence-electron chi connectivity index (χ1n) is 7.83. The minimum Gasteiger partial charge on any atom is -0.393 e. The van der Waals surface area contributed by atoms with Gasteiger partial charge in [0, 0.05) is 36.5 Å². The Kier molecular flexibility index (Phi) is 4.82. The summed E-state index contributed by atoms with van der Waals surface area (Å²) in [6.07, 6.45) is -0.304.